The van der Waals surface area contributed by atoms with Crippen LogP contribution in [-0.2, 0) is 0 Å². The SMILES string of the molecule is Cc1c(C)c2ccc(Nc3ccc(F)cc3)cc2oc1=O. The van der Waals surface area contributed by atoms with Crippen LogP contribution in [0.3, 0.4) is 0 Å². The van der Waals surface area contributed by atoms with Crippen molar-refractivity contribution >= 4 is 22.3 Å². The topological polar surface area (TPSA) is 42.2 Å². The van der Waals surface area contributed by atoms with Gasteiger partial charge in [-0.25, -0.2) is 9.18 Å². The predicted octanol–water partition coefficient (Wildman–Crippen LogP) is 4.29. The molecule has 0 amide bonds. The van der Waals surface area contributed by atoms with Gasteiger partial charge < -0.3 is 9.73 Å². The smallest absolute Gasteiger partial charge is 0.339 e. The fourth-order valence-corrected chi connectivity index (χ4v) is 2.23. The monoisotopic (exact) mass is 283 g/mol. The lowest BCUT2D eigenvalue weighted by Gasteiger charge is -2.09. The van der Waals surface area contributed by atoms with E-state index >= 15 is 0 Å². The largest absolute Gasteiger partial charge is 0.422 e. The van der Waals surface area contributed by atoms with Crippen molar-refractivity contribution in [3.8, 4) is 0 Å². The molecule has 0 radical (unpaired) electrons. The highest BCUT2D eigenvalue weighted by Crippen LogP contribution is 2.24. The van der Waals surface area contributed by atoms with Crippen molar-refractivity contribution in [3.05, 3.63) is 69.8 Å². The molecule has 0 bridgehead atoms. The molecule has 0 saturated carbocycles. The second-order valence-corrected chi connectivity index (χ2v) is 4.98. The van der Waals surface area contributed by atoms with Gasteiger partial charge in [0.1, 0.15) is 11.4 Å². The van der Waals surface area contributed by atoms with Crippen molar-refractivity contribution < 1.29 is 8.81 Å². The molecular formula is C17H14FNO2. The van der Waals surface area contributed by atoms with Gasteiger partial charge in [-0.15, -0.1) is 0 Å². The van der Waals surface area contributed by atoms with E-state index in [2.05, 4.69) is 5.32 Å². The second kappa shape index (κ2) is 5.05. The Balaban J connectivity index is 2.03. The van der Waals surface area contributed by atoms with E-state index in [4.69, 9.17) is 4.42 Å². The Labute approximate surface area is 121 Å². The van der Waals surface area contributed by atoms with Crippen LogP contribution < -0.4 is 10.9 Å². The summed E-state index contributed by atoms with van der Waals surface area (Å²) < 4.78 is 18.2. The summed E-state index contributed by atoms with van der Waals surface area (Å²) >= 11 is 0. The summed E-state index contributed by atoms with van der Waals surface area (Å²) in [5.41, 5.74) is 3.31. The lowest BCUT2D eigenvalue weighted by Crippen LogP contribution is -2.05. The molecule has 3 aromatic rings. The number of aryl methyl sites for hydroxylation is 1. The number of hydrogen-bond acceptors (Lipinski definition) is 3. The highest BCUT2D eigenvalue weighted by Gasteiger charge is 2.08. The zero-order chi connectivity index (χ0) is 15.0. The van der Waals surface area contributed by atoms with Gasteiger partial charge in [-0.1, -0.05) is 0 Å². The van der Waals surface area contributed by atoms with E-state index in [0.717, 1.165) is 22.3 Å². The molecule has 3 nitrogen and oxygen atoms in total. The van der Waals surface area contributed by atoms with Crippen molar-refractivity contribution in [1.29, 1.82) is 0 Å². The number of anilines is 2. The third-order valence-corrected chi connectivity index (χ3v) is 3.59. The minimum absolute atomic E-state index is 0.281. The van der Waals surface area contributed by atoms with Crippen LogP contribution in [0, 0.1) is 19.7 Å². The Morgan fingerprint density at radius 3 is 2.33 bits per heavy atom. The maximum atomic E-state index is 12.9. The predicted molar refractivity (Wildman–Crippen MR) is 81.6 cm³/mol. The first kappa shape index (κ1) is 13.4. The van der Waals surface area contributed by atoms with Gasteiger partial charge in [0.05, 0.1) is 0 Å². The van der Waals surface area contributed by atoms with Crippen molar-refractivity contribution in [2.45, 2.75) is 13.8 Å². The summed E-state index contributed by atoms with van der Waals surface area (Å²) in [7, 11) is 0. The number of rotatable bonds is 2. The van der Waals surface area contributed by atoms with Crippen molar-refractivity contribution in [2.24, 2.45) is 0 Å². The summed E-state index contributed by atoms with van der Waals surface area (Å²) in [6.45, 7) is 3.66. The fraction of sp³-hybridized carbons (Fsp3) is 0.118. The summed E-state index contributed by atoms with van der Waals surface area (Å²) in [4.78, 5) is 11.7. The minimum Gasteiger partial charge on any atom is -0.422 e. The zero-order valence-electron chi connectivity index (χ0n) is 11.7. The Hall–Kier alpha value is -2.62. The first-order valence-corrected chi connectivity index (χ1v) is 6.61. The maximum absolute atomic E-state index is 12.9. The zero-order valence-corrected chi connectivity index (χ0v) is 11.7. The summed E-state index contributed by atoms with van der Waals surface area (Å²) in [5, 5.41) is 4.06. The number of nitrogens with one attached hydrogen (secondary N) is 1. The molecule has 2 aromatic carbocycles. The quantitative estimate of drug-likeness (QED) is 0.713. The van der Waals surface area contributed by atoms with Crippen LogP contribution in [0.15, 0.2) is 51.7 Å². The summed E-state index contributed by atoms with van der Waals surface area (Å²) in [6.07, 6.45) is 0. The molecule has 3 rings (SSSR count). The standard InChI is InChI=1S/C17H14FNO2/c1-10-11(2)17(20)21-16-9-14(7-8-15(10)16)19-13-5-3-12(18)4-6-13/h3-9,19H,1-2H3. The minimum atomic E-state index is -0.320. The van der Waals surface area contributed by atoms with Gasteiger partial charge in [-0.2, -0.15) is 0 Å². The van der Waals surface area contributed by atoms with Gasteiger partial charge in [0.25, 0.3) is 0 Å². The second-order valence-electron chi connectivity index (χ2n) is 4.98. The molecule has 4 heteroatoms. The molecule has 0 aliphatic carbocycles. The van der Waals surface area contributed by atoms with Crippen LogP contribution >= 0.6 is 0 Å². The van der Waals surface area contributed by atoms with Gasteiger partial charge in [0.2, 0.25) is 0 Å². The van der Waals surface area contributed by atoms with Gasteiger partial charge >= 0.3 is 5.63 Å². The molecular weight excluding hydrogens is 269 g/mol. The fourth-order valence-electron chi connectivity index (χ4n) is 2.23. The molecule has 0 unspecified atom stereocenters. The Morgan fingerprint density at radius 2 is 1.62 bits per heavy atom. The van der Waals surface area contributed by atoms with Gasteiger partial charge in [0.15, 0.2) is 0 Å². The molecule has 1 N–H and O–H groups in total. The summed E-state index contributed by atoms with van der Waals surface area (Å²) in [6, 6.07) is 11.7. The Morgan fingerprint density at radius 1 is 0.952 bits per heavy atom. The average molecular weight is 283 g/mol. The highest BCUT2D eigenvalue weighted by atomic mass is 19.1. The molecule has 0 aliphatic rings. The lowest BCUT2D eigenvalue weighted by molar-refractivity contribution is 0.554. The van der Waals surface area contributed by atoms with Crippen LogP contribution in [-0.4, -0.2) is 0 Å². The number of hydrogen-bond donors (Lipinski definition) is 1. The summed E-state index contributed by atoms with van der Waals surface area (Å²) in [5.74, 6) is -0.281. The van der Waals surface area contributed by atoms with Crippen molar-refractivity contribution in [3.63, 3.8) is 0 Å². The molecule has 0 aliphatic heterocycles. The first-order chi connectivity index (χ1) is 10.0. The average Bonchev–Trinajstić information content (AvgIpc) is 2.47. The Kier molecular flexibility index (Phi) is 3.22. The van der Waals surface area contributed by atoms with Crippen LogP contribution in [0.5, 0.6) is 0 Å². The van der Waals surface area contributed by atoms with E-state index in [1.807, 2.05) is 19.1 Å². The maximum Gasteiger partial charge on any atom is 0.339 e. The van der Waals surface area contributed by atoms with E-state index in [1.165, 1.54) is 12.1 Å². The van der Waals surface area contributed by atoms with Crippen molar-refractivity contribution in [2.75, 3.05) is 5.32 Å². The van der Waals surface area contributed by atoms with E-state index in [0.29, 0.717) is 11.1 Å². The third kappa shape index (κ3) is 2.52. The third-order valence-electron chi connectivity index (χ3n) is 3.59. The molecule has 0 atom stereocenters. The van der Waals surface area contributed by atoms with E-state index in [1.54, 1.807) is 25.1 Å². The molecule has 0 spiro atoms. The van der Waals surface area contributed by atoms with Crippen LogP contribution in [0.25, 0.3) is 11.0 Å². The Bertz CT molecular complexity index is 866. The van der Waals surface area contributed by atoms with Crippen LogP contribution in [0.1, 0.15) is 11.1 Å². The van der Waals surface area contributed by atoms with E-state index in [-0.39, 0.29) is 11.4 Å². The van der Waals surface area contributed by atoms with E-state index < -0.39 is 0 Å². The molecule has 1 heterocycles. The van der Waals surface area contributed by atoms with E-state index in [9.17, 15) is 9.18 Å². The molecule has 106 valence electrons. The number of benzene rings is 2. The van der Waals surface area contributed by atoms with Gasteiger partial charge in [-0.3, -0.25) is 0 Å². The first-order valence-electron chi connectivity index (χ1n) is 6.61. The highest BCUT2D eigenvalue weighted by molar-refractivity contribution is 5.84. The number of halogens is 1. The van der Waals surface area contributed by atoms with Gasteiger partial charge in [-0.05, 0) is 55.8 Å². The lowest BCUT2D eigenvalue weighted by atomic mass is 10.1. The van der Waals surface area contributed by atoms with Gasteiger partial charge in [0, 0.05) is 28.4 Å². The normalized spacial score (nSPS) is 10.8. The molecule has 1 aromatic heterocycles. The molecule has 0 saturated heterocycles. The molecule has 0 fully saturated rings. The van der Waals surface area contributed by atoms with Crippen molar-refractivity contribution in [1.82, 2.24) is 0 Å². The molecule has 21 heavy (non-hydrogen) atoms. The van der Waals surface area contributed by atoms with Crippen LogP contribution in [0.4, 0.5) is 15.8 Å². The van der Waals surface area contributed by atoms with Crippen LogP contribution in [0.2, 0.25) is 0 Å². The number of fused-ring (bicyclic) bond motifs is 1.